The van der Waals surface area contributed by atoms with Crippen molar-refractivity contribution in [1.29, 1.82) is 0 Å². The molecule has 1 N–H and O–H groups in total. The number of rotatable bonds is 5. The van der Waals surface area contributed by atoms with Gasteiger partial charge in [0, 0.05) is 18.7 Å². The number of aldehydes is 1. The number of benzene rings is 3. The summed E-state index contributed by atoms with van der Waals surface area (Å²) < 4.78 is 0. The number of phenols is 1. The minimum Gasteiger partial charge on any atom is -0.507 e. The molecule has 3 rings (SSSR count). The number of carbonyl (C=O) groups is 2. The van der Waals surface area contributed by atoms with Crippen LogP contribution in [-0.4, -0.2) is 35.3 Å². The maximum absolute atomic E-state index is 12.4. The summed E-state index contributed by atoms with van der Waals surface area (Å²) in [6, 6.07) is 16.6. The van der Waals surface area contributed by atoms with Crippen molar-refractivity contribution in [2.75, 3.05) is 13.1 Å². The molecule has 0 unspecified atom stereocenters. The largest absolute Gasteiger partial charge is 0.507 e. The molecule has 3 aromatic rings. The van der Waals surface area contributed by atoms with Gasteiger partial charge in [0.05, 0.1) is 5.56 Å². The standard InChI is InChI=1S/C22H21NO3/c1-3-23(4-2)22(26)16-7-5-15(6-8-16)17-9-11-19-18(13-17)10-12-21(25)20(19)14-24/h5-14,25H,3-4H2,1-2H3. The molecule has 0 heterocycles. The van der Waals surface area contributed by atoms with E-state index in [-0.39, 0.29) is 11.7 Å². The van der Waals surface area contributed by atoms with Crippen molar-refractivity contribution in [2.45, 2.75) is 13.8 Å². The van der Waals surface area contributed by atoms with E-state index in [0.29, 0.717) is 30.5 Å². The highest BCUT2D eigenvalue weighted by atomic mass is 16.3. The molecule has 0 saturated heterocycles. The van der Waals surface area contributed by atoms with Gasteiger partial charge in [-0.05, 0) is 60.0 Å². The summed E-state index contributed by atoms with van der Waals surface area (Å²) in [5, 5.41) is 11.4. The quantitative estimate of drug-likeness (QED) is 0.691. The molecule has 3 aromatic carbocycles. The fourth-order valence-electron chi connectivity index (χ4n) is 3.14. The van der Waals surface area contributed by atoms with E-state index in [1.807, 2.05) is 56.3 Å². The van der Waals surface area contributed by atoms with Gasteiger partial charge in [0.25, 0.3) is 5.91 Å². The molecule has 0 aromatic heterocycles. The molecule has 0 spiro atoms. The van der Waals surface area contributed by atoms with Crippen molar-refractivity contribution in [2.24, 2.45) is 0 Å². The van der Waals surface area contributed by atoms with Crippen LogP contribution in [0.15, 0.2) is 54.6 Å². The first-order valence-corrected chi connectivity index (χ1v) is 8.69. The molecule has 4 nitrogen and oxygen atoms in total. The van der Waals surface area contributed by atoms with E-state index in [1.165, 1.54) is 6.07 Å². The molecule has 0 bridgehead atoms. The lowest BCUT2D eigenvalue weighted by molar-refractivity contribution is 0.0773. The van der Waals surface area contributed by atoms with Crippen molar-refractivity contribution in [1.82, 2.24) is 4.90 Å². The lowest BCUT2D eigenvalue weighted by Crippen LogP contribution is -2.30. The molecule has 0 aliphatic carbocycles. The van der Waals surface area contributed by atoms with E-state index in [9.17, 15) is 14.7 Å². The summed E-state index contributed by atoms with van der Waals surface area (Å²) in [7, 11) is 0. The highest BCUT2D eigenvalue weighted by Gasteiger charge is 2.12. The van der Waals surface area contributed by atoms with Crippen LogP contribution in [0.2, 0.25) is 0 Å². The highest BCUT2D eigenvalue weighted by molar-refractivity contribution is 6.02. The molecule has 4 heteroatoms. The number of hydrogen-bond donors (Lipinski definition) is 1. The Morgan fingerprint density at radius 3 is 2.23 bits per heavy atom. The number of hydrogen-bond acceptors (Lipinski definition) is 3. The molecule has 0 atom stereocenters. The Kier molecular flexibility index (Phi) is 5.03. The second kappa shape index (κ2) is 7.40. The van der Waals surface area contributed by atoms with Gasteiger partial charge in [0.2, 0.25) is 0 Å². The summed E-state index contributed by atoms with van der Waals surface area (Å²) >= 11 is 0. The second-order valence-electron chi connectivity index (χ2n) is 6.11. The minimum atomic E-state index is -0.0143. The van der Waals surface area contributed by atoms with E-state index in [4.69, 9.17) is 0 Å². The maximum Gasteiger partial charge on any atom is 0.253 e. The number of fused-ring (bicyclic) bond motifs is 1. The van der Waals surface area contributed by atoms with E-state index >= 15 is 0 Å². The van der Waals surface area contributed by atoms with Gasteiger partial charge in [0.1, 0.15) is 5.75 Å². The summed E-state index contributed by atoms with van der Waals surface area (Å²) in [4.78, 5) is 25.4. The van der Waals surface area contributed by atoms with E-state index in [0.717, 1.165) is 21.9 Å². The van der Waals surface area contributed by atoms with Crippen LogP contribution in [-0.2, 0) is 0 Å². The van der Waals surface area contributed by atoms with Crippen LogP contribution in [0.5, 0.6) is 5.75 Å². The first-order valence-electron chi connectivity index (χ1n) is 8.69. The average molecular weight is 347 g/mol. The zero-order valence-electron chi connectivity index (χ0n) is 14.9. The number of aromatic hydroxyl groups is 1. The first kappa shape index (κ1) is 17.7. The Labute approximate surface area is 152 Å². The predicted molar refractivity (Wildman–Crippen MR) is 104 cm³/mol. The van der Waals surface area contributed by atoms with Crippen molar-refractivity contribution in [3.05, 3.63) is 65.7 Å². The van der Waals surface area contributed by atoms with Gasteiger partial charge in [-0.1, -0.05) is 30.3 Å². The van der Waals surface area contributed by atoms with Gasteiger partial charge < -0.3 is 10.0 Å². The lowest BCUT2D eigenvalue weighted by Gasteiger charge is -2.18. The van der Waals surface area contributed by atoms with E-state index in [1.54, 1.807) is 11.0 Å². The van der Waals surface area contributed by atoms with Crippen molar-refractivity contribution >= 4 is 23.0 Å². The molecule has 1 amide bonds. The molecular formula is C22H21NO3. The lowest BCUT2D eigenvalue weighted by atomic mass is 9.97. The van der Waals surface area contributed by atoms with Gasteiger partial charge in [-0.15, -0.1) is 0 Å². The van der Waals surface area contributed by atoms with Gasteiger partial charge in [-0.3, -0.25) is 9.59 Å². The van der Waals surface area contributed by atoms with Crippen LogP contribution in [0.3, 0.4) is 0 Å². The van der Waals surface area contributed by atoms with Crippen LogP contribution in [0.1, 0.15) is 34.6 Å². The van der Waals surface area contributed by atoms with Crippen molar-refractivity contribution in [3.8, 4) is 16.9 Å². The zero-order chi connectivity index (χ0) is 18.7. The molecule has 0 aliphatic heterocycles. The summed E-state index contributed by atoms with van der Waals surface area (Å²) in [5.74, 6) is 0.0191. The van der Waals surface area contributed by atoms with E-state index in [2.05, 4.69) is 0 Å². The summed E-state index contributed by atoms with van der Waals surface area (Å²) in [5.41, 5.74) is 2.95. The van der Waals surface area contributed by atoms with Gasteiger partial charge >= 0.3 is 0 Å². The average Bonchev–Trinajstić information content (AvgIpc) is 2.68. The van der Waals surface area contributed by atoms with Crippen molar-refractivity contribution < 1.29 is 14.7 Å². The topological polar surface area (TPSA) is 57.6 Å². The maximum atomic E-state index is 12.4. The number of nitrogens with zero attached hydrogens (tertiary/aromatic N) is 1. The molecule has 0 radical (unpaired) electrons. The summed E-state index contributed by atoms with van der Waals surface area (Å²) in [6.07, 6.45) is 0.672. The van der Waals surface area contributed by atoms with Crippen LogP contribution < -0.4 is 0 Å². The highest BCUT2D eigenvalue weighted by Crippen LogP contribution is 2.30. The van der Waals surface area contributed by atoms with Gasteiger partial charge in [0.15, 0.2) is 6.29 Å². The predicted octanol–water partition coefficient (Wildman–Crippen LogP) is 4.51. The zero-order valence-corrected chi connectivity index (χ0v) is 14.9. The molecule has 26 heavy (non-hydrogen) atoms. The van der Waals surface area contributed by atoms with Crippen LogP contribution in [0.4, 0.5) is 0 Å². The van der Waals surface area contributed by atoms with Crippen LogP contribution in [0, 0.1) is 0 Å². The third kappa shape index (κ3) is 3.18. The SMILES string of the molecule is CCN(CC)C(=O)c1ccc(-c2ccc3c(C=O)c(O)ccc3c2)cc1. The fourth-order valence-corrected chi connectivity index (χ4v) is 3.14. The van der Waals surface area contributed by atoms with Crippen molar-refractivity contribution in [3.63, 3.8) is 0 Å². The molecule has 132 valence electrons. The molecule has 0 saturated carbocycles. The normalized spacial score (nSPS) is 10.7. The molecule has 0 fully saturated rings. The minimum absolute atomic E-state index is 0.0143. The monoisotopic (exact) mass is 347 g/mol. The Balaban J connectivity index is 1.96. The Morgan fingerprint density at radius 2 is 1.62 bits per heavy atom. The smallest absolute Gasteiger partial charge is 0.253 e. The molecular weight excluding hydrogens is 326 g/mol. The van der Waals surface area contributed by atoms with Crippen LogP contribution >= 0.6 is 0 Å². The molecule has 0 aliphatic rings. The van der Waals surface area contributed by atoms with Gasteiger partial charge in [-0.25, -0.2) is 0 Å². The number of phenolic OH excluding ortho intramolecular Hbond substituents is 1. The van der Waals surface area contributed by atoms with E-state index < -0.39 is 0 Å². The second-order valence-corrected chi connectivity index (χ2v) is 6.11. The Morgan fingerprint density at radius 1 is 0.962 bits per heavy atom. The summed E-state index contributed by atoms with van der Waals surface area (Å²) in [6.45, 7) is 5.31. The third-order valence-corrected chi connectivity index (χ3v) is 4.67. The Hall–Kier alpha value is -3.14. The number of carbonyl (C=O) groups excluding carboxylic acids is 2. The first-order chi connectivity index (χ1) is 12.6. The van der Waals surface area contributed by atoms with Gasteiger partial charge in [-0.2, -0.15) is 0 Å². The van der Waals surface area contributed by atoms with Crippen LogP contribution in [0.25, 0.3) is 21.9 Å². The third-order valence-electron chi connectivity index (χ3n) is 4.67. The fraction of sp³-hybridized carbons (Fsp3) is 0.182. The number of amides is 1. The Bertz CT molecular complexity index is 957.